The fourth-order valence-corrected chi connectivity index (χ4v) is 4.34. The van der Waals surface area contributed by atoms with Gasteiger partial charge in [-0.05, 0) is 43.3 Å². The Balaban J connectivity index is 1.26. The van der Waals surface area contributed by atoms with E-state index in [9.17, 15) is 18.0 Å². The highest BCUT2D eigenvalue weighted by molar-refractivity contribution is 5.86. The van der Waals surface area contributed by atoms with E-state index in [-0.39, 0.29) is 17.3 Å². The summed E-state index contributed by atoms with van der Waals surface area (Å²) in [7, 11) is 0. The summed E-state index contributed by atoms with van der Waals surface area (Å²) in [5.41, 5.74) is 7.65. The molecule has 0 atom stereocenters. The molecule has 13 heteroatoms. The predicted molar refractivity (Wildman–Crippen MR) is 130 cm³/mol. The maximum Gasteiger partial charge on any atom is 0.573 e. The number of hydrogen-bond donors (Lipinski definition) is 1. The second-order valence-electron chi connectivity index (χ2n) is 8.63. The quantitative estimate of drug-likeness (QED) is 0.414. The van der Waals surface area contributed by atoms with Crippen molar-refractivity contribution in [3.63, 3.8) is 0 Å². The number of ether oxygens (including phenoxy) is 1. The summed E-state index contributed by atoms with van der Waals surface area (Å²) in [6.45, 7) is 5.57. The van der Waals surface area contributed by atoms with Gasteiger partial charge in [0, 0.05) is 45.0 Å². The van der Waals surface area contributed by atoms with Crippen LogP contribution in [-0.4, -0.2) is 63.5 Å². The monoisotopic (exact) mass is 515 g/mol. The second kappa shape index (κ2) is 9.73. The molecule has 0 amide bonds. The molecule has 10 nitrogen and oxygen atoms in total. The molecule has 0 aliphatic carbocycles. The highest BCUT2D eigenvalue weighted by atomic mass is 19.4. The number of anilines is 2. The van der Waals surface area contributed by atoms with Gasteiger partial charge in [0.15, 0.2) is 11.4 Å². The molecule has 0 radical (unpaired) electrons. The van der Waals surface area contributed by atoms with Crippen LogP contribution in [0.2, 0.25) is 0 Å². The summed E-state index contributed by atoms with van der Waals surface area (Å²) in [6.07, 6.45) is -3.47. The Morgan fingerprint density at radius 1 is 1.03 bits per heavy atom. The van der Waals surface area contributed by atoms with Crippen molar-refractivity contribution in [1.29, 1.82) is 0 Å². The van der Waals surface area contributed by atoms with Gasteiger partial charge in [0.2, 0.25) is 5.95 Å². The minimum Gasteiger partial charge on any atom is -0.460 e. The largest absolute Gasteiger partial charge is 0.573 e. The summed E-state index contributed by atoms with van der Waals surface area (Å²) in [4.78, 5) is 29.8. The minimum absolute atomic E-state index is 0.0120. The maximum absolute atomic E-state index is 12.7. The molecule has 0 unspecified atom stereocenters. The van der Waals surface area contributed by atoms with Crippen molar-refractivity contribution in [2.24, 2.45) is 0 Å². The lowest BCUT2D eigenvalue weighted by molar-refractivity contribution is -0.274. The van der Waals surface area contributed by atoms with E-state index in [0.717, 1.165) is 5.69 Å². The zero-order chi connectivity index (χ0) is 26.2. The number of alkyl halides is 3. The number of furan rings is 1. The van der Waals surface area contributed by atoms with Crippen LogP contribution in [0.5, 0.6) is 5.75 Å². The van der Waals surface area contributed by atoms with Gasteiger partial charge in [-0.2, -0.15) is 4.98 Å². The van der Waals surface area contributed by atoms with Crippen LogP contribution >= 0.6 is 0 Å². The van der Waals surface area contributed by atoms with E-state index < -0.39 is 6.36 Å². The molecule has 2 N–H and O–H groups in total. The molecule has 4 heterocycles. The fourth-order valence-electron chi connectivity index (χ4n) is 4.34. The molecule has 3 aromatic heterocycles. The number of hydrogen-bond acceptors (Lipinski definition) is 9. The van der Waals surface area contributed by atoms with Crippen molar-refractivity contribution < 1.29 is 22.3 Å². The van der Waals surface area contributed by atoms with Crippen molar-refractivity contribution in [3.05, 3.63) is 58.7 Å². The van der Waals surface area contributed by atoms with Crippen LogP contribution in [0.4, 0.5) is 24.8 Å². The highest BCUT2D eigenvalue weighted by Crippen LogP contribution is 2.27. The van der Waals surface area contributed by atoms with Crippen molar-refractivity contribution >= 4 is 22.8 Å². The number of aryl methyl sites for hydroxylation is 1. The third-order valence-electron chi connectivity index (χ3n) is 6.13. The Morgan fingerprint density at radius 3 is 2.41 bits per heavy atom. The number of piperazine rings is 1. The van der Waals surface area contributed by atoms with Crippen LogP contribution in [0, 0.1) is 6.92 Å². The first kappa shape index (κ1) is 24.6. The summed E-state index contributed by atoms with van der Waals surface area (Å²) in [5, 5.41) is 0. The molecule has 0 bridgehead atoms. The maximum atomic E-state index is 12.7. The van der Waals surface area contributed by atoms with Crippen molar-refractivity contribution in [3.8, 4) is 17.2 Å². The van der Waals surface area contributed by atoms with Crippen molar-refractivity contribution in [1.82, 2.24) is 24.4 Å². The lowest BCUT2D eigenvalue weighted by Gasteiger charge is -2.36. The lowest BCUT2D eigenvalue weighted by Crippen LogP contribution is -2.47. The molecule has 0 spiro atoms. The first-order valence-electron chi connectivity index (χ1n) is 11.6. The van der Waals surface area contributed by atoms with Gasteiger partial charge >= 0.3 is 6.36 Å². The number of rotatable bonds is 6. The standard InChI is InChI=1S/C24H24F3N7O3/c1-15-2-7-18(36-15)20-21-22(31-23(28)30-20)34(19(35)14-29-21)13-10-32-8-11-33(12-9-32)16-3-5-17(6-4-16)37-24(25,26)27/h2-7,14H,8-13H2,1H3,(H2,28,30,31). The van der Waals surface area contributed by atoms with Gasteiger partial charge in [0.25, 0.3) is 5.56 Å². The summed E-state index contributed by atoms with van der Waals surface area (Å²) < 4.78 is 48.3. The van der Waals surface area contributed by atoms with Crippen LogP contribution in [0.15, 0.2) is 51.8 Å². The van der Waals surface area contributed by atoms with Gasteiger partial charge in [-0.1, -0.05) is 0 Å². The average molecular weight is 515 g/mol. The molecular formula is C24H24F3N7O3. The Bertz CT molecular complexity index is 1460. The van der Waals surface area contributed by atoms with E-state index in [1.807, 2.05) is 6.92 Å². The highest BCUT2D eigenvalue weighted by Gasteiger charge is 2.31. The van der Waals surface area contributed by atoms with Gasteiger partial charge in [-0.15, -0.1) is 13.2 Å². The predicted octanol–water partition coefficient (Wildman–Crippen LogP) is 3.06. The van der Waals surface area contributed by atoms with E-state index in [1.54, 1.807) is 24.3 Å². The third-order valence-corrected chi connectivity index (χ3v) is 6.13. The molecule has 4 aromatic rings. The topological polar surface area (TPSA) is 116 Å². The van der Waals surface area contributed by atoms with E-state index in [1.165, 1.54) is 22.9 Å². The van der Waals surface area contributed by atoms with Gasteiger partial charge in [0.05, 0.1) is 6.20 Å². The van der Waals surface area contributed by atoms with Gasteiger partial charge in [-0.25, -0.2) is 9.97 Å². The van der Waals surface area contributed by atoms with Gasteiger partial charge in [0.1, 0.15) is 22.7 Å². The Hall–Kier alpha value is -4.13. The van der Waals surface area contributed by atoms with Crippen LogP contribution < -0.4 is 20.9 Å². The molecule has 1 aliphatic rings. The summed E-state index contributed by atoms with van der Waals surface area (Å²) >= 11 is 0. The smallest absolute Gasteiger partial charge is 0.460 e. The molecule has 1 aliphatic heterocycles. The number of fused-ring (bicyclic) bond motifs is 1. The van der Waals surface area contributed by atoms with Crippen LogP contribution in [0.25, 0.3) is 22.6 Å². The van der Waals surface area contributed by atoms with E-state index in [4.69, 9.17) is 10.2 Å². The number of halogens is 3. The lowest BCUT2D eigenvalue weighted by atomic mass is 10.2. The fraction of sp³-hybridized carbons (Fsp3) is 0.333. The van der Waals surface area contributed by atoms with Crippen molar-refractivity contribution in [2.75, 3.05) is 43.4 Å². The van der Waals surface area contributed by atoms with Crippen LogP contribution in [-0.2, 0) is 6.54 Å². The molecule has 1 aromatic carbocycles. The normalized spacial score (nSPS) is 14.9. The van der Waals surface area contributed by atoms with E-state index in [0.29, 0.717) is 67.6 Å². The number of nitrogens with zero attached hydrogens (tertiary/aromatic N) is 6. The Morgan fingerprint density at radius 2 is 1.76 bits per heavy atom. The van der Waals surface area contributed by atoms with Crippen molar-refractivity contribution in [2.45, 2.75) is 19.8 Å². The molecule has 37 heavy (non-hydrogen) atoms. The van der Waals surface area contributed by atoms with Crippen LogP contribution in [0.1, 0.15) is 5.76 Å². The summed E-state index contributed by atoms with van der Waals surface area (Å²) in [6, 6.07) is 9.41. The summed E-state index contributed by atoms with van der Waals surface area (Å²) in [5.74, 6) is 0.958. The Kier molecular flexibility index (Phi) is 6.46. The first-order valence-corrected chi connectivity index (χ1v) is 11.6. The Labute approximate surface area is 209 Å². The zero-order valence-corrected chi connectivity index (χ0v) is 19.9. The van der Waals surface area contributed by atoms with E-state index >= 15 is 0 Å². The number of benzene rings is 1. The molecule has 1 fully saturated rings. The van der Waals surface area contributed by atoms with Gasteiger partial charge < -0.3 is 19.8 Å². The average Bonchev–Trinajstić information content (AvgIpc) is 3.29. The number of nitrogens with two attached hydrogens (primary N) is 1. The number of aromatic nitrogens is 4. The van der Waals surface area contributed by atoms with Gasteiger partial charge in [-0.3, -0.25) is 14.3 Å². The molecule has 1 saturated heterocycles. The first-order chi connectivity index (χ1) is 17.7. The number of nitrogen functional groups attached to an aromatic ring is 1. The van der Waals surface area contributed by atoms with E-state index in [2.05, 4.69) is 29.5 Å². The molecule has 5 rings (SSSR count). The molecule has 194 valence electrons. The third kappa shape index (κ3) is 5.50. The zero-order valence-electron chi connectivity index (χ0n) is 19.9. The molecular weight excluding hydrogens is 491 g/mol. The second-order valence-corrected chi connectivity index (χ2v) is 8.63. The molecule has 0 saturated carbocycles. The SMILES string of the molecule is Cc1ccc(-c2nc(N)nc3c2ncc(=O)n3CCN2CCN(c3ccc(OC(F)(F)F)cc3)CC2)o1. The van der Waals surface area contributed by atoms with Crippen LogP contribution in [0.3, 0.4) is 0 Å². The minimum atomic E-state index is -4.72.